The molecule has 1 amide bonds. The maximum Gasteiger partial charge on any atom is 0.409 e. The first-order chi connectivity index (χ1) is 18.0. The Labute approximate surface area is 211 Å². The Hall–Kier alpha value is -4.67. The van der Waals surface area contributed by atoms with E-state index in [1.54, 1.807) is 30.3 Å². The van der Waals surface area contributed by atoms with E-state index < -0.39 is 6.04 Å². The molecule has 0 aliphatic carbocycles. The molecule has 0 bridgehead atoms. The number of carbonyl (C=O) groups is 1. The van der Waals surface area contributed by atoms with Gasteiger partial charge in [0.05, 0.1) is 59.4 Å². The Balaban J connectivity index is 1.32. The van der Waals surface area contributed by atoms with Crippen molar-refractivity contribution in [3.63, 3.8) is 0 Å². The number of amides is 1. The minimum Gasteiger partial charge on any atom is -0.453 e. The van der Waals surface area contributed by atoms with Crippen LogP contribution in [-0.2, 0) is 17.7 Å². The van der Waals surface area contributed by atoms with Crippen LogP contribution in [0.1, 0.15) is 34.4 Å². The predicted octanol–water partition coefficient (Wildman–Crippen LogP) is 4.60. The summed E-state index contributed by atoms with van der Waals surface area (Å²) in [6.07, 6.45) is 3.64. The number of ether oxygens (including phenoxy) is 1. The van der Waals surface area contributed by atoms with Crippen molar-refractivity contribution < 1.29 is 13.9 Å². The molecule has 0 N–H and O–H groups in total. The minimum absolute atomic E-state index is 0.306. The van der Waals surface area contributed by atoms with Crippen molar-refractivity contribution in [2.45, 2.75) is 25.9 Å². The summed E-state index contributed by atoms with van der Waals surface area (Å²) in [4.78, 5) is 27.3. The van der Waals surface area contributed by atoms with Crippen molar-refractivity contribution in [1.29, 1.82) is 0 Å². The second-order valence-electron chi connectivity index (χ2n) is 8.82. The van der Waals surface area contributed by atoms with E-state index in [1.807, 2.05) is 24.3 Å². The standard InChI is InChI=1S/C26H21FN8O2/c1-14-18(27)3-4-22(30-14)25-17(12-29-34-25)20-5-6-21-24(31-20)9-15(11-28-21)23-10-16-13-35(26(36)37-2)8-7-19(16)32-33-23/h3-6,9-12,25H,7-8,13H2,1-2H3. The number of fused-ring (bicyclic) bond motifs is 2. The van der Waals surface area contributed by atoms with E-state index in [2.05, 4.69) is 30.4 Å². The topological polar surface area (TPSA) is 119 Å². The molecule has 0 fully saturated rings. The van der Waals surface area contributed by atoms with Crippen LogP contribution in [0.2, 0.25) is 0 Å². The van der Waals surface area contributed by atoms with Crippen LogP contribution in [0.25, 0.3) is 27.9 Å². The number of carbonyl (C=O) groups excluding carboxylic acids is 1. The molecule has 0 aromatic carbocycles. The Morgan fingerprint density at radius 3 is 2.81 bits per heavy atom. The lowest BCUT2D eigenvalue weighted by Gasteiger charge is -2.26. The number of rotatable bonds is 3. The van der Waals surface area contributed by atoms with Crippen LogP contribution >= 0.6 is 0 Å². The number of hydrogen-bond acceptors (Lipinski definition) is 9. The van der Waals surface area contributed by atoms with Crippen LogP contribution in [0, 0.1) is 12.7 Å². The molecule has 1 unspecified atom stereocenters. The van der Waals surface area contributed by atoms with Gasteiger partial charge >= 0.3 is 6.09 Å². The van der Waals surface area contributed by atoms with Crippen LogP contribution in [0.5, 0.6) is 0 Å². The average molecular weight is 497 g/mol. The predicted molar refractivity (Wildman–Crippen MR) is 132 cm³/mol. The summed E-state index contributed by atoms with van der Waals surface area (Å²) in [5.41, 5.74) is 6.92. The van der Waals surface area contributed by atoms with Gasteiger partial charge in [-0.15, -0.1) is 0 Å². The van der Waals surface area contributed by atoms with Crippen molar-refractivity contribution in [2.75, 3.05) is 13.7 Å². The number of methoxy groups -OCH3 is 1. The zero-order valence-electron chi connectivity index (χ0n) is 20.1. The number of halogens is 1. The van der Waals surface area contributed by atoms with Gasteiger partial charge in [-0.1, -0.05) is 0 Å². The minimum atomic E-state index is -0.468. The highest BCUT2D eigenvalue weighted by Crippen LogP contribution is 2.37. The highest BCUT2D eigenvalue weighted by molar-refractivity contribution is 5.82. The largest absolute Gasteiger partial charge is 0.453 e. The lowest BCUT2D eigenvalue weighted by molar-refractivity contribution is 0.118. The third kappa shape index (κ3) is 4.18. The molecule has 2 aliphatic heterocycles. The highest BCUT2D eigenvalue weighted by atomic mass is 19.1. The zero-order chi connectivity index (χ0) is 25.5. The van der Waals surface area contributed by atoms with E-state index in [1.165, 1.54) is 13.2 Å². The molecular weight excluding hydrogens is 475 g/mol. The van der Waals surface area contributed by atoms with Gasteiger partial charge in [0.1, 0.15) is 11.9 Å². The van der Waals surface area contributed by atoms with Crippen molar-refractivity contribution in [2.24, 2.45) is 10.2 Å². The van der Waals surface area contributed by atoms with E-state index in [0.29, 0.717) is 47.8 Å². The summed E-state index contributed by atoms with van der Waals surface area (Å²) < 4.78 is 18.6. The third-order valence-electron chi connectivity index (χ3n) is 6.50. The third-order valence-corrected chi connectivity index (χ3v) is 6.50. The normalized spacial score (nSPS) is 16.6. The van der Waals surface area contributed by atoms with Gasteiger partial charge in [-0.2, -0.15) is 20.4 Å². The van der Waals surface area contributed by atoms with Gasteiger partial charge in [-0.05, 0) is 48.9 Å². The van der Waals surface area contributed by atoms with Crippen LogP contribution < -0.4 is 0 Å². The SMILES string of the molecule is COC(=O)N1CCc2nnc(-c3cnc4ccc(C5=CN=NC5c5ccc(F)c(C)n5)nc4c3)cc2C1. The molecule has 37 heavy (non-hydrogen) atoms. The molecule has 0 radical (unpaired) electrons. The van der Waals surface area contributed by atoms with Crippen LogP contribution in [-0.4, -0.2) is 49.8 Å². The van der Waals surface area contributed by atoms with E-state index in [0.717, 1.165) is 27.9 Å². The van der Waals surface area contributed by atoms with Gasteiger partial charge in [-0.3, -0.25) is 9.97 Å². The molecule has 10 nitrogen and oxygen atoms in total. The molecule has 0 saturated carbocycles. The van der Waals surface area contributed by atoms with Gasteiger partial charge in [0.15, 0.2) is 0 Å². The first-order valence-electron chi connectivity index (χ1n) is 11.7. The van der Waals surface area contributed by atoms with Crippen molar-refractivity contribution in [3.05, 3.63) is 83.0 Å². The second kappa shape index (κ2) is 9.08. The summed E-state index contributed by atoms with van der Waals surface area (Å²) in [6.45, 7) is 2.57. The summed E-state index contributed by atoms with van der Waals surface area (Å²) >= 11 is 0. The average Bonchev–Trinajstić information content (AvgIpc) is 3.43. The molecule has 4 aromatic rings. The number of aromatic nitrogens is 5. The molecule has 4 aromatic heterocycles. The molecule has 2 aliphatic rings. The molecule has 1 atom stereocenters. The fraction of sp³-hybridized carbons (Fsp3) is 0.231. The van der Waals surface area contributed by atoms with Crippen LogP contribution in [0.3, 0.4) is 0 Å². The molecule has 11 heteroatoms. The van der Waals surface area contributed by atoms with Crippen molar-refractivity contribution in [3.8, 4) is 11.3 Å². The second-order valence-corrected chi connectivity index (χ2v) is 8.82. The lowest BCUT2D eigenvalue weighted by atomic mass is 10.0. The summed E-state index contributed by atoms with van der Waals surface area (Å²) in [5.74, 6) is -0.366. The number of nitrogens with zero attached hydrogens (tertiary/aromatic N) is 8. The van der Waals surface area contributed by atoms with Gasteiger partial charge in [-0.25, -0.2) is 14.2 Å². The Bertz CT molecular complexity index is 1620. The zero-order valence-corrected chi connectivity index (χ0v) is 20.1. The number of azo groups is 1. The summed E-state index contributed by atoms with van der Waals surface area (Å²) in [6, 6.07) is 10.1. The fourth-order valence-corrected chi connectivity index (χ4v) is 4.50. The fourth-order valence-electron chi connectivity index (χ4n) is 4.50. The van der Waals surface area contributed by atoms with Crippen molar-refractivity contribution in [1.82, 2.24) is 30.0 Å². The van der Waals surface area contributed by atoms with Gasteiger partial charge in [0, 0.05) is 30.3 Å². The van der Waals surface area contributed by atoms with Gasteiger partial charge in [0.25, 0.3) is 0 Å². The van der Waals surface area contributed by atoms with Gasteiger partial charge in [0.2, 0.25) is 0 Å². The van der Waals surface area contributed by atoms with Crippen molar-refractivity contribution >= 4 is 22.7 Å². The summed E-state index contributed by atoms with van der Waals surface area (Å²) in [5, 5.41) is 17.1. The molecular formula is C26H21FN8O2. The molecule has 0 spiro atoms. The molecule has 6 heterocycles. The smallest absolute Gasteiger partial charge is 0.409 e. The first-order valence-corrected chi connectivity index (χ1v) is 11.7. The Morgan fingerprint density at radius 2 is 1.97 bits per heavy atom. The molecule has 6 rings (SSSR count). The van der Waals surface area contributed by atoms with Gasteiger partial charge < -0.3 is 9.64 Å². The number of hydrogen-bond donors (Lipinski definition) is 0. The highest BCUT2D eigenvalue weighted by Gasteiger charge is 2.25. The summed E-state index contributed by atoms with van der Waals surface area (Å²) in [7, 11) is 1.37. The maximum absolute atomic E-state index is 13.7. The Kier molecular flexibility index (Phi) is 5.59. The Morgan fingerprint density at radius 1 is 1.08 bits per heavy atom. The monoisotopic (exact) mass is 496 g/mol. The molecule has 184 valence electrons. The lowest BCUT2D eigenvalue weighted by Crippen LogP contribution is -2.36. The van der Waals surface area contributed by atoms with E-state index >= 15 is 0 Å². The van der Waals surface area contributed by atoms with Crippen LogP contribution in [0.4, 0.5) is 9.18 Å². The molecule has 0 saturated heterocycles. The number of pyridine rings is 3. The first kappa shape index (κ1) is 22.8. The van der Waals surface area contributed by atoms with E-state index in [4.69, 9.17) is 9.72 Å². The quantitative estimate of drug-likeness (QED) is 0.407. The van der Waals surface area contributed by atoms with E-state index in [9.17, 15) is 9.18 Å². The van der Waals surface area contributed by atoms with Crippen LogP contribution in [0.15, 0.2) is 59.0 Å². The number of aryl methyl sites for hydroxylation is 1. The maximum atomic E-state index is 13.7. The van der Waals surface area contributed by atoms with E-state index in [-0.39, 0.29) is 11.9 Å².